The number of likely N-dealkylation sites (tertiary alicyclic amines) is 1. The van der Waals surface area contributed by atoms with Crippen LogP contribution in [0.5, 0.6) is 0 Å². The van der Waals surface area contributed by atoms with Gasteiger partial charge >= 0.3 is 6.18 Å². The van der Waals surface area contributed by atoms with E-state index >= 15 is 0 Å². The highest BCUT2D eigenvalue weighted by Gasteiger charge is 2.58. The minimum atomic E-state index is -4.58. The number of aliphatic hydroxyl groups is 1. The van der Waals surface area contributed by atoms with E-state index in [2.05, 4.69) is 0 Å². The second kappa shape index (κ2) is 4.65. The maximum atomic E-state index is 12.8. The Morgan fingerprint density at radius 2 is 1.78 bits per heavy atom. The molecule has 0 bridgehead atoms. The average molecular weight is 268 g/mol. The van der Waals surface area contributed by atoms with Gasteiger partial charge in [0.1, 0.15) is 0 Å². The van der Waals surface area contributed by atoms with Crippen LogP contribution in [0.1, 0.15) is 34.1 Å². The molecule has 0 aliphatic carbocycles. The Labute approximate surface area is 106 Å². The number of rotatable bonds is 2. The van der Waals surface area contributed by atoms with Crippen LogP contribution in [0.4, 0.5) is 13.2 Å². The minimum Gasteiger partial charge on any atom is -0.379 e. The molecule has 3 nitrogen and oxygen atoms in total. The highest BCUT2D eigenvalue weighted by molar-refractivity contribution is 5.01. The first-order valence-corrected chi connectivity index (χ1v) is 6.17. The van der Waals surface area contributed by atoms with Crippen LogP contribution in [0.2, 0.25) is 0 Å². The van der Waals surface area contributed by atoms with Gasteiger partial charge < -0.3 is 10.8 Å². The Morgan fingerprint density at radius 1 is 1.28 bits per heavy atom. The zero-order valence-corrected chi connectivity index (χ0v) is 11.4. The van der Waals surface area contributed by atoms with Crippen molar-refractivity contribution in [1.82, 2.24) is 4.90 Å². The van der Waals surface area contributed by atoms with Crippen LogP contribution in [0.25, 0.3) is 0 Å². The topological polar surface area (TPSA) is 49.5 Å². The summed E-state index contributed by atoms with van der Waals surface area (Å²) in [5, 5.41) is 9.69. The summed E-state index contributed by atoms with van der Waals surface area (Å²) in [6.07, 6.45) is -4.86. The monoisotopic (exact) mass is 268 g/mol. The average Bonchev–Trinajstić information content (AvgIpc) is 2.44. The Kier molecular flexibility index (Phi) is 4.06. The molecule has 0 spiro atoms. The number of halogens is 3. The quantitative estimate of drug-likeness (QED) is 0.802. The number of hydrogen-bond donors (Lipinski definition) is 2. The Balaban J connectivity index is 2.88. The molecule has 0 saturated carbocycles. The highest BCUT2D eigenvalue weighted by Crippen LogP contribution is 2.40. The van der Waals surface area contributed by atoms with E-state index in [0.29, 0.717) is 0 Å². The summed E-state index contributed by atoms with van der Waals surface area (Å²) in [6, 6.07) is -0.436. The number of hydrogen-bond acceptors (Lipinski definition) is 3. The van der Waals surface area contributed by atoms with Gasteiger partial charge in [-0.2, -0.15) is 13.2 Å². The van der Waals surface area contributed by atoms with Gasteiger partial charge in [0.2, 0.25) is 0 Å². The summed E-state index contributed by atoms with van der Waals surface area (Å²) in [5.74, 6) is 0. The minimum absolute atomic E-state index is 0.186. The Hall–Kier alpha value is -0.330. The molecule has 6 heteroatoms. The van der Waals surface area contributed by atoms with Crippen LogP contribution in [0, 0.1) is 5.41 Å². The van der Waals surface area contributed by atoms with E-state index in [-0.39, 0.29) is 37.0 Å². The van der Waals surface area contributed by atoms with Gasteiger partial charge in [-0.1, -0.05) is 20.8 Å². The molecular weight excluding hydrogens is 245 g/mol. The lowest BCUT2D eigenvalue weighted by molar-refractivity contribution is -0.254. The number of nitrogens with two attached hydrogens (primary N) is 1. The number of β-amino-alcohol motifs (C(OH)–C–C–N with tert-alkyl or cyclic N) is 1. The van der Waals surface area contributed by atoms with Gasteiger partial charge in [-0.05, 0) is 18.8 Å². The molecule has 0 amide bonds. The molecule has 1 fully saturated rings. The van der Waals surface area contributed by atoms with Crippen LogP contribution in [0.3, 0.4) is 0 Å². The van der Waals surface area contributed by atoms with E-state index in [4.69, 9.17) is 5.73 Å². The van der Waals surface area contributed by atoms with E-state index in [0.717, 1.165) is 0 Å². The van der Waals surface area contributed by atoms with Crippen molar-refractivity contribution < 1.29 is 18.3 Å². The van der Waals surface area contributed by atoms with Gasteiger partial charge in [0, 0.05) is 25.2 Å². The van der Waals surface area contributed by atoms with Crippen molar-refractivity contribution in [2.45, 2.75) is 58.0 Å². The Morgan fingerprint density at radius 3 is 2.06 bits per heavy atom. The van der Waals surface area contributed by atoms with Gasteiger partial charge in [-0.3, -0.25) is 4.90 Å². The molecule has 0 aromatic heterocycles. The predicted octanol–water partition coefficient (Wildman–Crippen LogP) is 1.75. The second-order valence-corrected chi connectivity index (χ2v) is 6.42. The van der Waals surface area contributed by atoms with Crippen molar-refractivity contribution in [2.24, 2.45) is 11.1 Å². The summed E-state index contributed by atoms with van der Waals surface area (Å²) in [6.45, 7) is 7.48. The maximum Gasteiger partial charge on any atom is 0.418 e. The molecule has 3 N–H and O–H groups in total. The van der Waals surface area contributed by atoms with Crippen LogP contribution in [-0.4, -0.2) is 47.0 Å². The molecule has 1 heterocycles. The van der Waals surface area contributed by atoms with Crippen LogP contribution < -0.4 is 5.73 Å². The fraction of sp³-hybridized carbons (Fsp3) is 1.00. The van der Waals surface area contributed by atoms with Crippen molar-refractivity contribution in [3.05, 3.63) is 0 Å². The second-order valence-electron chi connectivity index (χ2n) is 6.42. The third-order valence-corrected chi connectivity index (χ3v) is 3.58. The lowest BCUT2D eigenvalue weighted by Crippen LogP contribution is -2.55. The van der Waals surface area contributed by atoms with E-state index in [9.17, 15) is 18.3 Å². The SMILES string of the molecule is CC(N)C(N1CCC(O)(C(F)(F)F)C1)C(C)(C)C. The fourth-order valence-electron chi connectivity index (χ4n) is 2.96. The summed E-state index contributed by atoms with van der Waals surface area (Å²) in [4.78, 5) is 1.66. The summed E-state index contributed by atoms with van der Waals surface area (Å²) in [7, 11) is 0. The summed E-state index contributed by atoms with van der Waals surface area (Å²) >= 11 is 0. The van der Waals surface area contributed by atoms with Gasteiger partial charge in [0.25, 0.3) is 0 Å². The van der Waals surface area contributed by atoms with Gasteiger partial charge in [0.05, 0.1) is 0 Å². The van der Waals surface area contributed by atoms with Crippen LogP contribution in [0.15, 0.2) is 0 Å². The standard InChI is InChI=1S/C12H23F3N2O/c1-8(16)9(10(2,3)4)17-6-5-11(18,7-17)12(13,14)15/h8-9,18H,5-7,16H2,1-4H3. The normalized spacial score (nSPS) is 30.5. The van der Waals surface area contributed by atoms with Crippen molar-refractivity contribution in [1.29, 1.82) is 0 Å². The number of nitrogens with zero attached hydrogens (tertiary/aromatic N) is 1. The van der Waals surface area contributed by atoms with Crippen molar-refractivity contribution in [3.8, 4) is 0 Å². The molecular formula is C12H23F3N2O. The third-order valence-electron chi connectivity index (χ3n) is 3.58. The molecule has 108 valence electrons. The highest BCUT2D eigenvalue weighted by atomic mass is 19.4. The first-order valence-electron chi connectivity index (χ1n) is 6.17. The summed E-state index contributed by atoms with van der Waals surface area (Å²) < 4.78 is 38.3. The first kappa shape index (κ1) is 15.7. The lowest BCUT2D eigenvalue weighted by atomic mass is 9.82. The first-order chi connectivity index (χ1) is 7.88. The molecule has 1 aliphatic heterocycles. The zero-order valence-electron chi connectivity index (χ0n) is 11.4. The zero-order chi connectivity index (χ0) is 14.4. The maximum absolute atomic E-state index is 12.8. The van der Waals surface area contributed by atoms with E-state index in [1.807, 2.05) is 20.8 Å². The third kappa shape index (κ3) is 2.97. The molecule has 0 aromatic carbocycles. The van der Waals surface area contributed by atoms with Gasteiger partial charge in [0.15, 0.2) is 5.60 Å². The predicted molar refractivity (Wildman–Crippen MR) is 64.1 cm³/mol. The van der Waals surface area contributed by atoms with Crippen molar-refractivity contribution in [3.63, 3.8) is 0 Å². The molecule has 3 atom stereocenters. The molecule has 1 saturated heterocycles. The largest absolute Gasteiger partial charge is 0.418 e. The lowest BCUT2D eigenvalue weighted by Gasteiger charge is -2.41. The fourth-order valence-corrected chi connectivity index (χ4v) is 2.96. The van der Waals surface area contributed by atoms with Crippen molar-refractivity contribution >= 4 is 0 Å². The van der Waals surface area contributed by atoms with E-state index in [1.54, 1.807) is 11.8 Å². The Bertz CT molecular complexity index is 299. The van der Waals surface area contributed by atoms with Crippen LogP contribution in [-0.2, 0) is 0 Å². The van der Waals surface area contributed by atoms with Crippen LogP contribution >= 0.6 is 0 Å². The molecule has 0 radical (unpaired) electrons. The number of alkyl halides is 3. The molecule has 18 heavy (non-hydrogen) atoms. The molecule has 3 unspecified atom stereocenters. The molecule has 1 aliphatic rings. The molecule has 1 rings (SSSR count). The van der Waals surface area contributed by atoms with E-state index < -0.39 is 11.8 Å². The smallest absolute Gasteiger partial charge is 0.379 e. The van der Waals surface area contributed by atoms with Gasteiger partial charge in [-0.15, -0.1) is 0 Å². The molecule has 0 aromatic rings. The van der Waals surface area contributed by atoms with E-state index in [1.165, 1.54) is 0 Å². The van der Waals surface area contributed by atoms with Crippen molar-refractivity contribution in [2.75, 3.05) is 13.1 Å². The summed E-state index contributed by atoms with van der Waals surface area (Å²) in [5.41, 5.74) is 3.07. The van der Waals surface area contributed by atoms with Gasteiger partial charge in [-0.25, -0.2) is 0 Å².